The van der Waals surface area contributed by atoms with E-state index in [0.29, 0.717) is 11.8 Å². The van der Waals surface area contributed by atoms with Gasteiger partial charge in [0.2, 0.25) is 0 Å². The summed E-state index contributed by atoms with van der Waals surface area (Å²) in [5.41, 5.74) is 2.41. The number of aryl methyl sites for hydroxylation is 1. The van der Waals surface area contributed by atoms with E-state index in [0.717, 1.165) is 10.5 Å². The summed E-state index contributed by atoms with van der Waals surface area (Å²) in [6, 6.07) is 0. The smallest absolute Gasteiger partial charge is 0.133 e. The topological polar surface area (TPSA) is 28.7 Å². The first kappa shape index (κ1) is 11.8. The van der Waals surface area contributed by atoms with E-state index < -0.39 is 0 Å². The predicted molar refractivity (Wildman–Crippen MR) is 69.5 cm³/mol. The van der Waals surface area contributed by atoms with Crippen LogP contribution in [0.25, 0.3) is 0 Å². The molecule has 0 spiro atoms. The van der Waals surface area contributed by atoms with Gasteiger partial charge in [0, 0.05) is 17.2 Å². The number of nitrogens with one attached hydrogen (secondary N) is 1. The number of H-pyrrole nitrogens is 1. The molecular formula is C13H20N2S. The first-order chi connectivity index (χ1) is 7.59. The van der Waals surface area contributed by atoms with Gasteiger partial charge >= 0.3 is 0 Å². The van der Waals surface area contributed by atoms with Crippen molar-refractivity contribution in [2.24, 2.45) is 0 Å². The Bertz CT molecular complexity index is 428. The van der Waals surface area contributed by atoms with Crippen molar-refractivity contribution in [1.82, 2.24) is 9.97 Å². The van der Waals surface area contributed by atoms with Crippen molar-refractivity contribution in [3.05, 3.63) is 21.7 Å². The SMILES string of the molecule is Cc1[nH]c(C2CCCC2)nc(=S)c1C(C)C. The fraction of sp³-hybridized carbons (Fsp3) is 0.692. The molecule has 0 radical (unpaired) electrons. The first-order valence-corrected chi connectivity index (χ1v) is 6.61. The number of aromatic amines is 1. The van der Waals surface area contributed by atoms with Crippen LogP contribution in [0.15, 0.2) is 0 Å². The lowest BCUT2D eigenvalue weighted by atomic mass is 10.0. The number of rotatable bonds is 2. The van der Waals surface area contributed by atoms with Crippen LogP contribution in [0, 0.1) is 11.6 Å². The zero-order chi connectivity index (χ0) is 11.7. The molecule has 0 amide bonds. The van der Waals surface area contributed by atoms with E-state index in [4.69, 9.17) is 12.2 Å². The van der Waals surface area contributed by atoms with Crippen molar-refractivity contribution in [2.75, 3.05) is 0 Å². The standard InChI is InChI=1S/C13H20N2S/c1-8(2)11-9(3)14-12(15-13(11)16)10-6-4-5-7-10/h8,10H,4-7H2,1-3H3,(H,14,15,16). The van der Waals surface area contributed by atoms with Crippen LogP contribution in [0.5, 0.6) is 0 Å². The molecule has 1 saturated carbocycles. The molecule has 16 heavy (non-hydrogen) atoms. The van der Waals surface area contributed by atoms with Gasteiger partial charge in [-0.2, -0.15) is 0 Å². The maximum Gasteiger partial charge on any atom is 0.133 e. The van der Waals surface area contributed by atoms with Gasteiger partial charge in [-0.25, -0.2) is 4.98 Å². The fourth-order valence-electron chi connectivity index (χ4n) is 2.69. The maximum atomic E-state index is 5.41. The molecule has 1 fully saturated rings. The molecule has 1 aliphatic carbocycles. The molecule has 1 heterocycles. The quantitative estimate of drug-likeness (QED) is 0.778. The summed E-state index contributed by atoms with van der Waals surface area (Å²) in [7, 11) is 0. The minimum atomic E-state index is 0.453. The van der Waals surface area contributed by atoms with Crippen molar-refractivity contribution in [3.8, 4) is 0 Å². The van der Waals surface area contributed by atoms with Gasteiger partial charge in [-0.05, 0) is 25.7 Å². The third-order valence-electron chi connectivity index (χ3n) is 3.49. The summed E-state index contributed by atoms with van der Waals surface area (Å²) in [5, 5.41) is 0. The summed E-state index contributed by atoms with van der Waals surface area (Å²) >= 11 is 5.41. The van der Waals surface area contributed by atoms with Gasteiger partial charge in [0.05, 0.1) is 0 Å². The molecule has 0 bridgehead atoms. The van der Waals surface area contributed by atoms with Crippen LogP contribution in [-0.4, -0.2) is 9.97 Å². The second-order valence-corrected chi connectivity index (χ2v) is 5.49. The average molecular weight is 236 g/mol. The van der Waals surface area contributed by atoms with Gasteiger partial charge in [-0.3, -0.25) is 0 Å². The third-order valence-corrected chi connectivity index (χ3v) is 3.80. The normalized spacial score (nSPS) is 17.2. The zero-order valence-corrected chi connectivity index (χ0v) is 11.2. The lowest BCUT2D eigenvalue weighted by Gasteiger charge is -2.14. The predicted octanol–water partition coefficient (Wildman–Crippen LogP) is 4.23. The minimum Gasteiger partial charge on any atom is -0.347 e. The van der Waals surface area contributed by atoms with Gasteiger partial charge in [-0.15, -0.1) is 0 Å². The molecule has 88 valence electrons. The summed E-state index contributed by atoms with van der Waals surface area (Å²) < 4.78 is 0.799. The van der Waals surface area contributed by atoms with E-state index in [9.17, 15) is 0 Å². The summed E-state index contributed by atoms with van der Waals surface area (Å²) in [6.45, 7) is 6.46. The summed E-state index contributed by atoms with van der Waals surface area (Å²) in [5.74, 6) is 2.18. The molecule has 2 rings (SSSR count). The highest BCUT2D eigenvalue weighted by atomic mass is 32.1. The second kappa shape index (κ2) is 4.66. The highest BCUT2D eigenvalue weighted by molar-refractivity contribution is 7.71. The van der Waals surface area contributed by atoms with E-state index in [1.807, 2.05) is 0 Å². The number of hydrogen-bond donors (Lipinski definition) is 1. The molecule has 1 aliphatic rings. The Morgan fingerprint density at radius 2 is 1.94 bits per heavy atom. The molecule has 0 unspecified atom stereocenters. The first-order valence-electron chi connectivity index (χ1n) is 6.20. The molecule has 2 nitrogen and oxygen atoms in total. The number of nitrogens with zero attached hydrogens (tertiary/aromatic N) is 1. The Labute approximate surface area is 103 Å². The fourth-order valence-corrected chi connectivity index (χ4v) is 3.18. The van der Waals surface area contributed by atoms with Crippen molar-refractivity contribution in [2.45, 2.75) is 58.3 Å². The molecule has 0 saturated heterocycles. The van der Waals surface area contributed by atoms with E-state index in [1.165, 1.54) is 36.9 Å². The van der Waals surface area contributed by atoms with Crippen LogP contribution in [0.3, 0.4) is 0 Å². The summed E-state index contributed by atoms with van der Waals surface area (Å²) in [4.78, 5) is 8.06. The Morgan fingerprint density at radius 3 is 2.44 bits per heavy atom. The van der Waals surface area contributed by atoms with Crippen molar-refractivity contribution in [3.63, 3.8) is 0 Å². The lowest BCUT2D eigenvalue weighted by Crippen LogP contribution is -2.07. The van der Waals surface area contributed by atoms with Crippen LogP contribution in [0.2, 0.25) is 0 Å². The minimum absolute atomic E-state index is 0.453. The van der Waals surface area contributed by atoms with Crippen molar-refractivity contribution in [1.29, 1.82) is 0 Å². The number of hydrogen-bond acceptors (Lipinski definition) is 2. The van der Waals surface area contributed by atoms with E-state index >= 15 is 0 Å². The molecule has 0 aliphatic heterocycles. The van der Waals surface area contributed by atoms with Crippen molar-refractivity contribution < 1.29 is 0 Å². The van der Waals surface area contributed by atoms with Gasteiger partial charge in [0.1, 0.15) is 10.5 Å². The lowest BCUT2D eigenvalue weighted by molar-refractivity contribution is 0.654. The Kier molecular flexibility index (Phi) is 3.43. The summed E-state index contributed by atoms with van der Waals surface area (Å²) in [6.07, 6.45) is 5.19. The van der Waals surface area contributed by atoms with Gasteiger partial charge in [0.15, 0.2) is 0 Å². The van der Waals surface area contributed by atoms with Gasteiger partial charge in [0.25, 0.3) is 0 Å². The number of aromatic nitrogens is 2. The maximum absolute atomic E-state index is 5.41. The zero-order valence-electron chi connectivity index (χ0n) is 10.3. The highest BCUT2D eigenvalue weighted by Crippen LogP contribution is 2.32. The molecule has 1 N–H and O–H groups in total. The van der Waals surface area contributed by atoms with E-state index in [-0.39, 0.29) is 0 Å². The monoisotopic (exact) mass is 236 g/mol. The van der Waals surface area contributed by atoms with E-state index in [2.05, 4.69) is 30.7 Å². The van der Waals surface area contributed by atoms with E-state index in [1.54, 1.807) is 0 Å². The molecular weight excluding hydrogens is 216 g/mol. The Hall–Kier alpha value is -0.700. The Morgan fingerprint density at radius 1 is 1.31 bits per heavy atom. The molecule has 3 heteroatoms. The van der Waals surface area contributed by atoms with Crippen molar-refractivity contribution >= 4 is 12.2 Å². The largest absolute Gasteiger partial charge is 0.347 e. The molecule has 0 atom stereocenters. The van der Waals surface area contributed by atoms with Crippen LogP contribution >= 0.6 is 12.2 Å². The second-order valence-electron chi connectivity index (χ2n) is 5.10. The Balaban J connectivity index is 2.40. The van der Waals surface area contributed by atoms with Crippen LogP contribution < -0.4 is 0 Å². The van der Waals surface area contributed by atoms with Crippen LogP contribution in [-0.2, 0) is 0 Å². The van der Waals surface area contributed by atoms with Gasteiger partial charge < -0.3 is 4.98 Å². The van der Waals surface area contributed by atoms with Crippen LogP contribution in [0.1, 0.15) is 68.4 Å². The average Bonchev–Trinajstić information content (AvgIpc) is 2.67. The third kappa shape index (κ3) is 2.19. The molecule has 1 aromatic rings. The molecule has 0 aromatic carbocycles. The van der Waals surface area contributed by atoms with Crippen LogP contribution in [0.4, 0.5) is 0 Å². The van der Waals surface area contributed by atoms with Gasteiger partial charge in [-0.1, -0.05) is 38.9 Å². The molecule has 1 aromatic heterocycles. The highest BCUT2D eigenvalue weighted by Gasteiger charge is 2.20.